The molecule has 0 spiro atoms. The monoisotopic (exact) mass is 220 g/mol. The number of thioether (sulfide) groups is 1. The van der Waals surface area contributed by atoms with Crippen LogP contribution in [0, 0.1) is 5.92 Å². The molecule has 2 atom stereocenters. The second-order valence-corrected chi connectivity index (χ2v) is 4.25. The molecular weight excluding hydrogens is 204 g/mol. The van der Waals surface area contributed by atoms with Crippen LogP contribution in [0.1, 0.15) is 6.42 Å². The highest BCUT2D eigenvalue weighted by Gasteiger charge is 2.32. The number of carbonyl (C=O) groups is 1. The minimum absolute atomic E-state index is 0.0522. The molecule has 1 heterocycles. The molecule has 1 rings (SSSR count). The Bertz CT molecular complexity index is 186. The zero-order chi connectivity index (χ0) is 10.4. The summed E-state index contributed by atoms with van der Waals surface area (Å²) in [6, 6.07) is 0. The van der Waals surface area contributed by atoms with Crippen molar-refractivity contribution in [2.24, 2.45) is 5.92 Å². The van der Waals surface area contributed by atoms with Gasteiger partial charge in [0.25, 0.3) is 0 Å². The lowest BCUT2D eigenvalue weighted by Crippen LogP contribution is -2.37. The molecule has 0 aromatic heterocycles. The Hall–Kier alpha value is -0.260. The largest absolute Gasteiger partial charge is 0.469 e. The second kappa shape index (κ2) is 6.27. The number of hydrogen-bond acceptors (Lipinski definition) is 5. The van der Waals surface area contributed by atoms with Crippen LogP contribution in [-0.4, -0.2) is 44.6 Å². The zero-order valence-electron chi connectivity index (χ0n) is 8.52. The van der Waals surface area contributed by atoms with Gasteiger partial charge >= 0.3 is 5.97 Å². The van der Waals surface area contributed by atoms with Crippen LogP contribution < -0.4 is 0 Å². The van der Waals surface area contributed by atoms with E-state index in [-0.39, 0.29) is 24.8 Å². The molecule has 0 aromatic carbocycles. The molecule has 0 aliphatic carbocycles. The van der Waals surface area contributed by atoms with Crippen molar-refractivity contribution < 1.29 is 19.0 Å². The number of ether oxygens (including phenoxy) is 3. The van der Waals surface area contributed by atoms with Crippen molar-refractivity contribution in [3.8, 4) is 0 Å². The van der Waals surface area contributed by atoms with E-state index in [0.29, 0.717) is 0 Å². The van der Waals surface area contributed by atoms with Crippen LogP contribution in [0.5, 0.6) is 0 Å². The van der Waals surface area contributed by atoms with Crippen molar-refractivity contribution in [3.05, 3.63) is 0 Å². The molecule has 0 radical (unpaired) electrons. The van der Waals surface area contributed by atoms with Gasteiger partial charge in [0, 0.05) is 12.9 Å². The first kappa shape index (κ1) is 11.8. The molecule has 1 aliphatic rings. The molecule has 82 valence electrons. The van der Waals surface area contributed by atoms with Crippen LogP contribution in [0.4, 0.5) is 0 Å². The molecule has 1 aliphatic heterocycles. The molecular formula is C9H16O4S. The van der Waals surface area contributed by atoms with E-state index in [1.54, 1.807) is 18.9 Å². The lowest BCUT2D eigenvalue weighted by Gasteiger charge is -2.28. The maximum atomic E-state index is 11.4. The fourth-order valence-corrected chi connectivity index (χ4v) is 2.61. The van der Waals surface area contributed by atoms with E-state index in [0.717, 1.165) is 17.9 Å². The molecule has 14 heavy (non-hydrogen) atoms. The third-order valence-electron chi connectivity index (χ3n) is 2.20. The standard InChI is InChI=1S/C9H16O4S/c1-11-6-13-8-3-4-14-5-7(8)9(10)12-2/h7-8H,3-6H2,1-2H3/t7-,8-/m0/s1. The Labute approximate surface area is 88.3 Å². The summed E-state index contributed by atoms with van der Waals surface area (Å²) in [6.07, 6.45) is 0.831. The normalized spacial score (nSPS) is 27.3. The van der Waals surface area contributed by atoms with Crippen molar-refractivity contribution in [1.82, 2.24) is 0 Å². The predicted molar refractivity (Wildman–Crippen MR) is 54.2 cm³/mol. The maximum absolute atomic E-state index is 11.4. The Morgan fingerprint density at radius 3 is 2.93 bits per heavy atom. The topological polar surface area (TPSA) is 44.8 Å². The van der Waals surface area contributed by atoms with Gasteiger partial charge in [0.05, 0.1) is 19.1 Å². The lowest BCUT2D eigenvalue weighted by atomic mass is 10.0. The highest BCUT2D eigenvalue weighted by Crippen LogP contribution is 2.26. The van der Waals surface area contributed by atoms with Gasteiger partial charge in [-0.3, -0.25) is 4.79 Å². The SMILES string of the molecule is COCO[C@H]1CCSC[C@@H]1C(=O)OC. The summed E-state index contributed by atoms with van der Waals surface area (Å²) in [5, 5.41) is 0. The molecule has 0 N–H and O–H groups in total. The van der Waals surface area contributed by atoms with Gasteiger partial charge in [0.15, 0.2) is 0 Å². The molecule has 0 unspecified atom stereocenters. The van der Waals surface area contributed by atoms with E-state index >= 15 is 0 Å². The van der Waals surface area contributed by atoms with Crippen molar-refractivity contribution in [2.75, 3.05) is 32.5 Å². The summed E-state index contributed by atoms with van der Waals surface area (Å²) < 4.78 is 15.0. The predicted octanol–water partition coefficient (Wildman–Crippen LogP) is 0.902. The first-order valence-electron chi connectivity index (χ1n) is 4.55. The average molecular weight is 220 g/mol. The molecule has 0 saturated carbocycles. The first-order valence-corrected chi connectivity index (χ1v) is 5.71. The fraction of sp³-hybridized carbons (Fsp3) is 0.889. The van der Waals surface area contributed by atoms with Gasteiger partial charge in [0.1, 0.15) is 6.79 Å². The third-order valence-corrected chi connectivity index (χ3v) is 3.32. The molecule has 1 fully saturated rings. The fourth-order valence-electron chi connectivity index (χ4n) is 1.44. The smallest absolute Gasteiger partial charge is 0.312 e. The van der Waals surface area contributed by atoms with Crippen molar-refractivity contribution in [3.63, 3.8) is 0 Å². The van der Waals surface area contributed by atoms with Crippen LogP contribution >= 0.6 is 11.8 Å². The highest BCUT2D eigenvalue weighted by molar-refractivity contribution is 7.99. The number of esters is 1. The van der Waals surface area contributed by atoms with Crippen LogP contribution in [0.2, 0.25) is 0 Å². The highest BCUT2D eigenvalue weighted by atomic mass is 32.2. The van der Waals surface area contributed by atoms with Gasteiger partial charge < -0.3 is 14.2 Å². The average Bonchev–Trinajstić information content (AvgIpc) is 2.25. The van der Waals surface area contributed by atoms with E-state index in [4.69, 9.17) is 14.2 Å². The first-order chi connectivity index (χ1) is 6.79. The molecule has 5 heteroatoms. The van der Waals surface area contributed by atoms with Gasteiger partial charge in [-0.2, -0.15) is 11.8 Å². The molecule has 4 nitrogen and oxygen atoms in total. The van der Waals surface area contributed by atoms with E-state index < -0.39 is 0 Å². The number of carbonyl (C=O) groups excluding carboxylic acids is 1. The Balaban J connectivity index is 2.45. The molecule has 0 bridgehead atoms. The quantitative estimate of drug-likeness (QED) is 0.520. The summed E-state index contributed by atoms with van der Waals surface area (Å²) in [6.45, 7) is 0.239. The van der Waals surface area contributed by atoms with Crippen LogP contribution in [0.3, 0.4) is 0 Å². The third kappa shape index (κ3) is 3.15. The van der Waals surface area contributed by atoms with Gasteiger partial charge in [-0.1, -0.05) is 0 Å². The summed E-state index contributed by atoms with van der Waals surface area (Å²) in [5.74, 6) is 1.48. The van der Waals surface area contributed by atoms with Crippen LogP contribution in [-0.2, 0) is 19.0 Å². The number of hydrogen-bond donors (Lipinski definition) is 0. The Morgan fingerprint density at radius 1 is 1.50 bits per heavy atom. The zero-order valence-corrected chi connectivity index (χ0v) is 9.34. The Kier molecular flexibility index (Phi) is 5.29. The van der Waals surface area contributed by atoms with Crippen LogP contribution in [0.15, 0.2) is 0 Å². The van der Waals surface area contributed by atoms with Crippen molar-refractivity contribution in [1.29, 1.82) is 0 Å². The van der Waals surface area contributed by atoms with Gasteiger partial charge in [-0.15, -0.1) is 0 Å². The molecule has 1 saturated heterocycles. The lowest BCUT2D eigenvalue weighted by molar-refractivity contribution is -0.155. The molecule has 0 amide bonds. The van der Waals surface area contributed by atoms with E-state index in [1.807, 2.05) is 0 Å². The van der Waals surface area contributed by atoms with E-state index in [1.165, 1.54) is 7.11 Å². The molecule has 0 aromatic rings. The minimum Gasteiger partial charge on any atom is -0.469 e. The number of methoxy groups -OCH3 is 2. The summed E-state index contributed by atoms with van der Waals surface area (Å²) in [7, 11) is 2.99. The van der Waals surface area contributed by atoms with Crippen LogP contribution in [0.25, 0.3) is 0 Å². The minimum atomic E-state index is -0.182. The van der Waals surface area contributed by atoms with Crippen molar-refractivity contribution in [2.45, 2.75) is 12.5 Å². The summed E-state index contributed by atoms with van der Waals surface area (Å²) in [4.78, 5) is 11.4. The van der Waals surface area contributed by atoms with E-state index in [9.17, 15) is 4.79 Å². The maximum Gasteiger partial charge on any atom is 0.312 e. The summed E-state index contributed by atoms with van der Waals surface area (Å²) >= 11 is 1.76. The number of rotatable bonds is 4. The second-order valence-electron chi connectivity index (χ2n) is 3.10. The summed E-state index contributed by atoms with van der Waals surface area (Å²) in [5.41, 5.74) is 0. The van der Waals surface area contributed by atoms with Crippen molar-refractivity contribution >= 4 is 17.7 Å². The Morgan fingerprint density at radius 2 is 2.29 bits per heavy atom. The van der Waals surface area contributed by atoms with Gasteiger partial charge in [-0.05, 0) is 12.2 Å². The van der Waals surface area contributed by atoms with Gasteiger partial charge in [0.2, 0.25) is 0 Å². The van der Waals surface area contributed by atoms with E-state index in [2.05, 4.69) is 0 Å². The van der Waals surface area contributed by atoms with Gasteiger partial charge in [-0.25, -0.2) is 0 Å².